The Morgan fingerprint density at radius 3 is 2.80 bits per heavy atom. The van der Waals surface area contributed by atoms with Crippen molar-refractivity contribution in [2.24, 2.45) is 5.73 Å². The molecule has 6 nitrogen and oxygen atoms in total. The Balaban J connectivity index is 2.06. The number of benzene rings is 1. The molecule has 0 aliphatic carbocycles. The third kappa shape index (κ3) is 3.66. The number of H-pyrrole nitrogens is 1. The van der Waals surface area contributed by atoms with Gasteiger partial charge in [0.15, 0.2) is 0 Å². The van der Waals surface area contributed by atoms with E-state index in [1.54, 1.807) is 30.7 Å². The van der Waals surface area contributed by atoms with Crippen LogP contribution in [0.3, 0.4) is 0 Å². The number of aromatic amines is 1. The number of aromatic nitrogens is 2. The average Bonchev–Trinajstić information content (AvgIpc) is 2.91. The molecule has 108 valence electrons. The Bertz CT molecular complexity index is 671. The molecular formula is C12H15BrN4O2S. The van der Waals surface area contributed by atoms with Gasteiger partial charge in [0.25, 0.3) is 0 Å². The maximum Gasteiger partial charge on any atom is 0.241 e. The number of nitrogens with zero attached hydrogens (tertiary/aromatic N) is 1. The monoisotopic (exact) mass is 358 g/mol. The number of imidazole rings is 1. The summed E-state index contributed by atoms with van der Waals surface area (Å²) in [5.74, 6) is 0. The second kappa shape index (κ2) is 6.49. The molecule has 0 atom stereocenters. The fourth-order valence-electron chi connectivity index (χ4n) is 1.71. The molecule has 20 heavy (non-hydrogen) atoms. The maximum absolute atomic E-state index is 12.2. The predicted molar refractivity (Wildman–Crippen MR) is 79.5 cm³/mol. The highest BCUT2D eigenvalue weighted by atomic mass is 79.9. The van der Waals surface area contributed by atoms with E-state index in [1.165, 1.54) is 0 Å². The summed E-state index contributed by atoms with van der Waals surface area (Å²) in [5, 5.41) is 0. The van der Waals surface area contributed by atoms with Gasteiger partial charge < -0.3 is 10.7 Å². The summed E-state index contributed by atoms with van der Waals surface area (Å²) in [5.41, 5.74) is 7.27. The molecule has 8 heteroatoms. The summed E-state index contributed by atoms with van der Waals surface area (Å²) in [4.78, 5) is 7.00. The van der Waals surface area contributed by atoms with Gasteiger partial charge >= 0.3 is 0 Å². The van der Waals surface area contributed by atoms with Gasteiger partial charge in [-0.2, -0.15) is 0 Å². The summed E-state index contributed by atoms with van der Waals surface area (Å²) >= 11 is 3.26. The molecule has 1 heterocycles. The van der Waals surface area contributed by atoms with Gasteiger partial charge in [0, 0.05) is 35.9 Å². The van der Waals surface area contributed by atoms with Crippen LogP contribution in [-0.4, -0.2) is 24.9 Å². The van der Waals surface area contributed by atoms with Crippen molar-refractivity contribution in [2.75, 3.05) is 6.54 Å². The molecule has 0 fully saturated rings. The van der Waals surface area contributed by atoms with Crippen molar-refractivity contribution in [1.29, 1.82) is 0 Å². The van der Waals surface area contributed by atoms with Crippen LogP contribution < -0.4 is 10.5 Å². The third-order valence-electron chi connectivity index (χ3n) is 2.76. The van der Waals surface area contributed by atoms with Crippen LogP contribution >= 0.6 is 15.9 Å². The van der Waals surface area contributed by atoms with Crippen molar-refractivity contribution in [3.63, 3.8) is 0 Å². The molecule has 0 spiro atoms. The molecule has 4 N–H and O–H groups in total. The quantitative estimate of drug-likeness (QED) is 0.720. The highest BCUT2D eigenvalue weighted by Gasteiger charge is 2.17. The minimum atomic E-state index is -3.54. The number of rotatable bonds is 6. The fraction of sp³-hybridized carbons (Fsp3) is 0.250. The lowest BCUT2D eigenvalue weighted by Crippen LogP contribution is -2.26. The topological polar surface area (TPSA) is 101 Å². The van der Waals surface area contributed by atoms with Gasteiger partial charge in [-0.1, -0.05) is 6.07 Å². The van der Waals surface area contributed by atoms with Crippen LogP contribution in [0.2, 0.25) is 0 Å². The molecule has 0 amide bonds. The number of halogens is 1. The lowest BCUT2D eigenvalue weighted by Gasteiger charge is -2.09. The predicted octanol–water partition coefficient (Wildman–Crippen LogP) is 1.15. The van der Waals surface area contributed by atoms with Gasteiger partial charge in [-0.25, -0.2) is 18.1 Å². The normalized spacial score (nSPS) is 11.7. The summed E-state index contributed by atoms with van der Waals surface area (Å²) in [6, 6.07) is 4.96. The van der Waals surface area contributed by atoms with Gasteiger partial charge in [-0.3, -0.25) is 0 Å². The van der Waals surface area contributed by atoms with Gasteiger partial charge in [-0.15, -0.1) is 0 Å². The molecule has 0 radical (unpaired) electrons. The van der Waals surface area contributed by atoms with Crippen LogP contribution in [0.4, 0.5) is 0 Å². The molecule has 0 saturated heterocycles. The first-order valence-corrected chi connectivity index (χ1v) is 8.26. The summed E-state index contributed by atoms with van der Waals surface area (Å²) in [7, 11) is -3.54. The number of hydrogen-bond acceptors (Lipinski definition) is 4. The molecule has 0 aliphatic rings. The average molecular weight is 359 g/mol. The van der Waals surface area contributed by atoms with Gasteiger partial charge in [-0.05, 0) is 33.6 Å². The zero-order valence-electron chi connectivity index (χ0n) is 10.6. The first-order valence-electron chi connectivity index (χ1n) is 5.98. The Hall–Kier alpha value is -1.22. The molecule has 0 saturated carbocycles. The van der Waals surface area contributed by atoms with Crippen molar-refractivity contribution < 1.29 is 8.42 Å². The standard InChI is InChI=1S/C12H15BrN4O2S/c13-11-5-9(6-14)1-2-12(11)20(18,19)17-4-3-10-7-15-8-16-10/h1-2,5,7-8,17H,3-4,6,14H2,(H,15,16). The molecule has 0 unspecified atom stereocenters. The number of nitrogens with one attached hydrogen (secondary N) is 2. The zero-order valence-corrected chi connectivity index (χ0v) is 13.0. The van der Waals surface area contributed by atoms with E-state index in [1.807, 2.05) is 0 Å². The molecule has 1 aromatic carbocycles. The van der Waals surface area contributed by atoms with Gasteiger partial charge in [0.1, 0.15) is 0 Å². The lowest BCUT2D eigenvalue weighted by molar-refractivity contribution is 0.581. The largest absolute Gasteiger partial charge is 0.348 e. The summed E-state index contributed by atoms with van der Waals surface area (Å²) in [6.07, 6.45) is 3.78. The highest BCUT2D eigenvalue weighted by Crippen LogP contribution is 2.23. The van der Waals surface area contributed by atoms with E-state index in [4.69, 9.17) is 5.73 Å². The van der Waals surface area contributed by atoms with E-state index in [-0.39, 0.29) is 4.90 Å². The van der Waals surface area contributed by atoms with Crippen molar-refractivity contribution in [2.45, 2.75) is 17.9 Å². The molecule has 2 rings (SSSR count). The van der Waals surface area contributed by atoms with Crippen molar-refractivity contribution in [3.8, 4) is 0 Å². The SMILES string of the molecule is NCc1ccc(S(=O)(=O)NCCc2cnc[nH]2)c(Br)c1. The molecular weight excluding hydrogens is 344 g/mol. The van der Waals surface area contributed by atoms with Crippen molar-refractivity contribution in [3.05, 3.63) is 46.5 Å². The van der Waals surface area contributed by atoms with Crippen LogP contribution in [0, 0.1) is 0 Å². The Morgan fingerprint density at radius 2 is 2.20 bits per heavy atom. The number of nitrogens with two attached hydrogens (primary N) is 1. The van der Waals surface area contributed by atoms with E-state index in [0.717, 1.165) is 11.3 Å². The first-order chi connectivity index (χ1) is 9.53. The van der Waals surface area contributed by atoms with E-state index in [9.17, 15) is 8.42 Å². The van der Waals surface area contributed by atoms with E-state index in [2.05, 4.69) is 30.6 Å². The number of sulfonamides is 1. The van der Waals surface area contributed by atoms with Crippen molar-refractivity contribution in [1.82, 2.24) is 14.7 Å². The highest BCUT2D eigenvalue weighted by molar-refractivity contribution is 9.10. The lowest BCUT2D eigenvalue weighted by atomic mass is 10.2. The van der Waals surface area contributed by atoms with Crippen LogP contribution in [-0.2, 0) is 23.0 Å². The first kappa shape index (κ1) is 15.2. The van der Waals surface area contributed by atoms with E-state index in [0.29, 0.717) is 24.0 Å². The smallest absolute Gasteiger partial charge is 0.241 e. The van der Waals surface area contributed by atoms with Gasteiger partial charge in [0.2, 0.25) is 10.0 Å². The Labute approximate surface area is 126 Å². The molecule has 0 aliphatic heterocycles. The second-order valence-electron chi connectivity index (χ2n) is 4.19. The van der Waals surface area contributed by atoms with Gasteiger partial charge in [0.05, 0.1) is 11.2 Å². The molecule has 1 aromatic heterocycles. The van der Waals surface area contributed by atoms with Crippen molar-refractivity contribution >= 4 is 26.0 Å². The summed E-state index contributed by atoms with van der Waals surface area (Å²) < 4.78 is 27.4. The van der Waals surface area contributed by atoms with Crippen LogP contribution in [0.1, 0.15) is 11.3 Å². The molecule has 0 bridgehead atoms. The minimum absolute atomic E-state index is 0.208. The molecule has 2 aromatic rings. The van der Waals surface area contributed by atoms with Crippen LogP contribution in [0.5, 0.6) is 0 Å². The fourth-order valence-corrected chi connectivity index (χ4v) is 3.86. The Morgan fingerprint density at radius 1 is 1.40 bits per heavy atom. The second-order valence-corrected chi connectivity index (χ2v) is 6.78. The Kier molecular flexibility index (Phi) is 4.92. The summed E-state index contributed by atoms with van der Waals surface area (Å²) in [6.45, 7) is 0.668. The van der Waals surface area contributed by atoms with Crippen LogP contribution in [0.15, 0.2) is 40.1 Å². The third-order valence-corrected chi connectivity index (χ3v) is 5.20. The zero-order chi connectivity index (χ0) is 14.6. The van der Waals surface area contributed by atoms with Crippen LogP contribution in [0.25, 0.3) is 0 Å². The maximum atomic E-state index is 12.2. The van der Waals surface area contributed by atoms with E-state index < -0.39 is 10.0 Å². The van der Waals surface area contributed by atoms with E-state index >= 15 is 0 Å². The minimum Gasteiger partial charge on any atom is -0.348 e. The number of hydrogen-bond donors (Lipinski definition) is 3.